The first-order valence-corrected chi connectivity index (χ1v) is 6.78. The number of anilines is 1. The lowest BCUT2D eigenvalue weighted by molar-refractivity contribution is -0.384. The number of nitro groups is 1. The van der Waals surface area contributed by atoms with E-state index < -0.39 is 4.92 Å². The fourth-order valence-corrected chi connectivity index (χ4v) is 1.86. The van der Waals surface area contributed by atoms with E-state index in [0.29, 0.717) is 24.6 Å². The Labute approximate surface area is 124 Å². The Balaban J connectivity index is 2.63. The van der Waals surface area contributed by atoms with Gasteiger partial charge in [-0.1, -0.05) is 26.0 Å². The lowest BCUT2D eigenvalue weighted by Crippen LogP contribution is -2.36. The van der Waals surface area contributed by atoms with Gasteiger partial charge in [0, 0.05) is 19.2 Å². The summed E-state index contributed by atoms with van der Waals surface area (Å²) < 4.78 is 0. The largest absolute Gasteiger partial charge is 0.393 e. The zero-order valence-electron chi connectivity index (χ0n) is 12.6. The van der Waals surface area contributed by atoms with Gasteiger partial charge in [-0.2, -0.15) is 0 Å². The topological polar surface area (TPSA) is 102 Å². The summed E-state index contributed by atoms with van der Waals surface area (Å²) in [7, 11) is 1.77. The quantitative estimate of drug-likeness (QED) is 0.449. The van der Waals surface area contributed by atoms with Gasteiger partial charge in [0.1, 0.15) is 5.69 Å². The second-order valence-electron chi connectivity index (χ2n) is 5.48. The fraction of sp³-hybridized carbons (Fsp3) is 0.500. The summed E-state index contributed by atoms with van der Waals surface area (Å²) in [6.07, 6.45) is 0. The Morgan fingerprint density at radius 3 is 2.71 bits per heavy atom. The molecular formula is C14H22N4O3. The van der Waals surface area contributed by atoms with Crippen LogP contribution in [0.2, 0.25) is 0 Å². The van der Waals surface area contributed by atoms with Gasteiger partial charge in [0.25, 0.3) is 5.69 Å². The number of benzene rings is 1. The van der Waals surface area contributed by atoms with E-state index >= 15 is 0 Å². The molecule has 0 heterocycles. The molecule has 21 heavy (non-hydrogen) atoms. The lowest BCUT2D eigenvalue weighted by atomic mass is 10.1. The highest BCUT2D eigenvalue weighted by molar-refractivity contribution is 5.78. The van der Waals surface area contributed by atoms with E-state index in [9.17, 15) is 14.9 Å². The average Bonchev–Trinajstić information content (AvgIpc) is 2.38. The van der Waals surface area contributed by atoms with Crippen molar-refractivity contribution in [2.24, 2.45) is 5.92 Å². The summed E-state index contributed by atoms with van der Waals surface area (Å²) in [4.78, 5) is 23.8. The highest BCUT2D eigenvalue weighted by atomic mass is 16.6. The van der Waals surface area contributed by atoms with Crippen molar-refractivity contribution in [2.75, 3.05) is 25.9 Å². The van der Waals surface area contributed by atoms with Gasteiger partial charge >= 0.3 is 0 Å². The van der Waals surface area contributed by atoms with Crippen LogP contribution in [0.15, 0.2) is 18.2 Å². The molecule has 0 saturated heterocycles. The third kappa shape index (κ3) is 5.39. The van der Waals surface area contributed by atoms with E-state index in [1.54, 1.807) is 24.1 Å². The van der Waals surface area contributed by atoms with Crippen molar-refractivity contribution in [3.63, 3.8) is 0 Å². The Bertz CT molecular complexity index is 517. The first-order valence-electron chi connectivity index (χ1n) is 6.78. The van der Waals surface area contributed by atoms with Crippen LogP contribution in [0.5, 0.6) is 0 Å². The molecule has 1 amide bonds. The first kappa shape index (κ1) is 16.9. The van der Waals surface area contributed by atoms with Crippen LogP contribution in [0.1, 0.15) is 19.4 Å². The van der Waals surface area contributed by atoms with Crippen molar-refractivity contribution in [2.45, 2.75) is 20.4 Å². The average molecular weight is 294 g/mol. The number of carbonyl (C=O) groups is 1. The van der Waals surface area contributed by atoms with E-state index in [2.05, 4.69) is 5.32 Å². The van der Waals surface area contributed by atoms with E-state index in [4.69, 9.17) is 5.73 Å². The van der Waals surface area contributed by atoms with Crippen LogP contribution in [0, 0.1) is 16.0 Å². The van der Waals surface area contributed by atoms with E-state index in [0.717, 1.165) is 0 Å². The molecule has 0 fully saturated rings. The molecule has 7 nitrogen and oxygen atoms in total. The van der Waals surface area contributed by atoms with Crippen LogP contribution in [0.4, 0.5) is 11.4 Å². The van der Waals surface area contributed by atoms with Gasteiger partial charge in [-0.05, 0) is 18.5 Å². The van der Waals surface area contributed by atoms with E-state index in [1.165, 1.54) is 6.07 Å². The minimum Gasteiger partial charge on any atom is -0.393 e. The number of hydrogen-bond acceptors (Lipinski definition) is 5. The molecule has 1 aromatic carbocycles. The molecule has 0 aliphatic carbocycles. The summed E-state index contributed by atoms with van der Waals surface area (Å²) >= 11 is 0. The predicted octanol–water partition coefficient (Wildman–Crippen LogP) is 1.38. The Hall–Kier alpha value is -2.15. The Morgan fingerprint density at radius 1 is 1.48 bits per heavy atom. The molecule has 3 N–H and O–H groups in total. The maximum Gasteiger partial charge on any atom is 0.292 e. The number of nitrogens with one attached hydrogen (secondary N) is 1. The summed E-state index contributed by atoms with van der Waals surface area (Å²) in [5.41, 5.74) is 6.48. The van der Waals surface area contributed by atoms with Crippen molar-refractivity contribution < 1.29 is 9.72 Å². The highest BCUT2D eigenvalue weighted by Gasteiger charge is 2.16. The second kappa shape index (κ2) is 7.58. The number of amides is 1. The molecule has 0 aliphatic heterocycles. The van der Waals surface area contributed by atoms with Crippen molar-refractivity contribution >= 4 is 17.3 Å². The molecular weight excluding hydrogens is 272 g/mol. The van der Waals surface area contributed by atoms with Gasteiger partial charge in [0.15, 0.2) is 0 Å². The fourth-order valence-electron chi connectivity index (χ4n) is 1.86. The van der Waals surface area contributed by atoms with Crippen molar-refractivity contribution in [3.8, 4) is 0 Å². The number of nitro benzene ring substituents is 1. The molecule has 0 saturated carbocycles. The molecule has 0 bridgehead atoms. The van der Waals surface area contributed by atoms with Gasteiger partial charge in [-0.3, -0.25) is 19.8 Å². The van der Waals surface area contributed by atoms with E-state index in [-0.39, 0.29) is 23.8 Å². The van der Waals surface area contributed by atoms with Crippen LogP contribution in [-0.4, -0.2) is 35.9 Å². The smallest absolute Gasteiger partial charge is 0.292 e. The third-order valence-corrected chi connectivity index (χ3v) is 2.93. The van der Waals surface area contributed by atoms with Crippen molar-refractivity contribution in [3.05, 3.63) is 33.9 Å². The van der Waals surface area contributed by atoms with Crippen molar-refractivity contribution in [1.29, 1.82) is 0 Å². The van der Waals surface area contributed by atoms with Crippen LogP contribution < -0.4 is 11.1 Å². The van der Waals surface area contributed by atoms with Gasteiger partial charge in [-0.15, -0.1) is 0 Å². The number of nitrogens with zero attached hydrogens (tertiary/aromatic N) is 2. The normalized spacial score (nSPS) is 10.9. The third-order valence-electron chi connectivity index (χ3n) is 2.93. The molecule has 1 aromatic rings. The number of para-hydroxylation sites is 1. The molecule has 1 rings (SSSR count). The van der Waals surface area contributed by atoms with Crippen LogP contribution in [0.25, 0.3) is 0 Å². The number of nitrogens with two attached hydrogens (primary N) is 1. The number of rotatable bonds is 7. The number of likely N-dealkylation sites (N-methyl/N-ethyl adjacent to an activating group) is 1. The Kier molecular flexibility index (Phi) is 6.10. The van der Waals surface area contributed by atoms with Crippen LogP contribution >= 0.6 is 0 Å². The molecule has 0 unspecified atom stereocenters. The summed E-state index contributed by atoms with van der Waals surface area (Å²) in [5, 5.41) is 13.7. The maximum absolute atomic E-state index is 11.7. The minimum absolute atomic E-state index is 0.0739. The zero-order valence-corrected chi connectivity index (χ0v) is 12.6. The predicted molar refractivity (Wildman–Crippen MR) is 81.7 cm³/mol. The zero-order chi connectivity index (χ0) is 16.0. The van der Waals surface area contributed by atoms with Crippen LogP contribution in [0.3, 0.4) is 0 Å². The summed E-state index contributed by atoms with van der Waals surface area (Å²) in [6.45, 7) is 5.27. The maximum atomic E-state index is 11.7. The van der Waals surface area contributed by atoms with Gasteiger partial charge in [0.05, 0.1) is 11.5 Å². The van der Waals surface area contributed by atoms with Gasteiger partial charge < -0.3 is 11.1 Å². The van der Waals surface area contributed by atoms with Crippen LogP contribution in [-0.2, 0) is 11.3 Å². The molecule has 116 valence electrons. The SMILES string of the molecule is CC(C)CNC(=O)CN(C)Cc1cccc([N+](=O)[O-])c1N. The first-order chi connectivity index (χ1) is 9.81. The van der Waals surface area contributed by atoms with E-state index in [1.807, 2.05) is 13.8 Å². The molecule has 0 aliphatic rings. The molecule has 0 atom stereocenters. The van der Waals surface area contributed by atoms with Gasteiger partial charge in [-0.25, -0.2) is 0 Å². The highest BCUT2D eigenvalue weighted by Crippen LogP contribution is 2.25. The summed E-state index contributed by atoms with van der Waals surface area (Å²) in [6, 6.07) is 4.69. The molecule has 0 radical (unpaired) electrons. The second-order valence-corrected chi connectivity index (χ2v) is 5.48. The van der Waals surface area contributed by atoms with Crippen molar-refractivity contribution in [1.82, 2.24) is 10.2 Å². The number of hydrogen-bond donors (Lipinski definition) is 2. The molecule has 0 spiro atoms. The number of nitrogen functional groups attached to an aromatic ring is 1. The standard InChI is InChI=1S/C14H22N4O3/c1-10(2)7-16-13(19)9-17(3)8-11-5-4-6-12(14(11)15)18(20)21/h4-6,10H,7-9,15H2,1-3H3,(H,16,19). The molecule has 0 aromatic heterocycles. The Morgan fingerprint density at radius 2 is 2.14 bits per heavy atom. The molecule has 7 heteroatoms. The van der Waals surface area contributed by atoms with Gasteiger partial charge in [0.2, 0.25) is 5.91 Å². The minimum atomic E-state index is -0.506. The monoisotopic (exact) mass is 294 g/mol. The number of carbonyl (C=O) groups excluding carboxylic acids is 1. The lowest BCUT2D eigenvalue weighted by Gasteiger charge is -2.18. The summed E-state index contributed by atoms with van der Waals surface area (Å²) in [5.74, 6) is 0.321.